The number of hydrogen-bond acceptors (Lipinski definition) is 12. The fourth-order valence-electron chi connectivity index (χ4n) is 0. The standard InChI is InChI=1S/Nd.3H2O4S.Pr/c;3*1-5(2,3)4;/h;3*(H2,1,2,3,4);/q+3;;;;+3/p-6. The Hall–Kier alpha value is 2.32. The van der Waals surface area contributed by atoms with Crippen LogP contribution in [0.5, 0.6) is 0 Å². The molecule has 0 aliphatic heterocycles. The van der Waals surface area contributed by atoms with Gasteiger partial charge in [0.2, 0.25) is 0 Å². The maximum Gasteiger partial charge on any atom is 3.00 e. The molecule has 17 heavy (non-hydrogen) atoms. The van der Waals surface area contributed by atoms with E-state index in [1.165, 1.54) is 0 Å². The van der Waals surface area contributed by atoms with Gasteiger partial charge in [0.15, 0.2) is 0 Å². The molecule has 0 fully saturated rings. The molecule has 0 spiro atoms. The second-order valence-electron chi connectivity index (χ2n) is 1.22. The molecule has 0 rings (SSSR count). The van der Waals surface area contributed by atoms with Crippen LogP contribution in [0.1, 0.15) is 0 Å². The summed E-state index contributed by atoms with van der Waals surface area (Å²) < 4.78 is 102. The molecule has 0 aliphatic rings. The summed E-state index contributed by atoms with van der Waals surface area (Å²) in [6, 6.07) is 0. The van der Waals surface area contributed by atoms with Crippen LogP contribution in [0, 0.1) is 82.1 Å². The van der Waals surface area contributed by atoms with Gasteiger partial charge in [-0.25, -0.2) is 0 Å². The van der Waals surface area contributed by atoms with Crippen molar-refractivity contribution in [3.05, 3.63) is 0 Å². The van der Waals surface area contributed by atoms with Crippen molar-refractivity contribution in [2.45, 2.75) is 0 Å². The van der Waals surface area contributed by atoms with Crippen molar-refractivity contribution in [1.82, 2.24) is 0 Å². The summed E-state index contributed by atoms with van der Waals surface area (Å²) in [4.78, 5) is 0. The summed E-state index contributed by atoms with van der Waals surface area (Å²) in [5.41, 5.74) is 0. The Morgan fingerprint density at radius 2 is 0.471 bits per heavy atom. The summed E-state index contributed by atoms with van der Waals surface area (Å²) in [6.45, 7) is 0. The van der Waals surface area contributed by atoms with Gasteiger partial charge in [0.1, 0.15) is 0 Å². The SMILES string of the molecule is O=S(=O)([O-])[O-].O=S(=O)([O-])[O-].O=S(=O)([O-])[O-].[Nd+3].[Pr+3]. The van der Waals surface area contributed by atoms with Gasteiger partial charge in [0, 0.05) is 31.2 Å². The Bertz CT molecular complexity index is 343. The van der Waals surface area contributed by atoms with E-state index in [-0.39, 0.29) is 82.1 Å². The Balaban J connectivity index is -0.0000000400. The van der Waals surface area contributed by atoms with Gasteiger partial charge in [-0.05, 0) is 0 Å². The van der Waals surface area contributed by atoms with Crippen LogP contribution in [0.25, 0.3) is 0 Å². The fourth-order valence-corrected chi connectivity index (χ4v) is 0. The molecule has 0 bridgehead atoms. The number of rotatable bonds is 0. The normalized spacial score (nSPS) is 10.2. The molecule has 1 radical (unpaired) electrons. The van der Waals surface area contributed by atoms with Crippen molar-refractivity contribution in [1.29, 1.82) is 0 Å². The summed E-state index contributed by atoms with van der Waals surface area (Å²) in [5, 5.41) is 0. The predicted molar refractivity (Wildman–Crippen MR) is 31.4 cm³/mol. The van der Waals surface area contributed by atoms with Crippen LogP contribution in [0.15, 0.2) is 0 Å². The average Bonchev–Trinajstić information content (AvgIpc) is 1.41. The molecule has 0 atom stereocenters. The zero-order valence-corrected chi connectivity index (χ0v) is 16.6. The van der Waals surface area contributed by atoms with Gasteiger partial charge in [-0.15, -0.1) is 0 Å². The molecule has 0 unspecified atom stereocenters. The van der Waals surface area contributed by atoms with Crippen molar-refractivity contribution >= 4 is 31.2 Å². The third-order valence-corrected chi connectivity index (χ3v) is 0. The molecule has 97 valence electrons. The molecule has 12 nitrogen and oxygen atoms in total. The minimum Gasteiger partial charge on any atom is -0.759 e. The van der Waals surface area contributed by atoms with Crippen LogP contribution in [0.2, 0.25) is 0 Å². The number of hydrogen-bond donors (Lipinski definition) is 0. The summed E-state index contributed by atoms with van der Waals surface area (Å²) in [6.07, 6.45) is 0. The third kappa shape index (κ3) is 904. The molecule has 0 aromatic heterocycles. The molecular weight excluding hydrogens is 573 g/mol. The minimum absolute atomic E-state index is 0. The molecule has 0 aromatic carbocycles. The van der Waals surface area contributed by atoms with E-state index < -0.39 is 31.2 Å². The second kappa shape index (κ2) is 13.3. The molecular formula is NdO12PrS3. The van der Waals surface area contributed by atoms with E-state index in [1.807, 2.05) is 0 Å². The molecule has 0 N–H and O–H groups in total. The van der Waals surface area contributed by atoms with Crippen LogP contribution in [0.3, 0.4) is 0 Å². The van der Waals surface area contributed by atoms with Gasteiger partial charge in [0.05, 0.1) is 0 Å². The third-order valence-electron chi connectivity index (χ3n) is 0. The average molecular weight is 573 g/mol. The molecule has 0 aromatic rings. The van der Waals surface area contributed by atoms with Gasteiger partial charge in [-0.1, -0.05) is 0 Å². The Morgan fingerprint density at radius 1 is 0.471 bits per heavy atom. The first-order chi connectivity index (χ1) is 6.00. The molecule has 0 aliphatic carbocycles. The van der Waals surface area contributed by atoms with Crippen molar-refractivity contribution in [2.75, 3.05) is 0 Å². The topological polar surface area (TPSA) is 241 Å². The predicted octanol–water partition coefficient (Wildman–Crippen LogP) is -4.01. The van der Waals surface area contributed by atoms with Gasteiger partial charge in [-0.3, -0.25) is 25.3 Å². The van der Waals surface area contributed by atoms with Crippen molar-refractivity contribution < 1.29 is 135 Å². The van der Waals surface area contributed by atoms with E-state index in [2.05, 4.69) is 0 Å². The van der Waals surface area contributed by atoms with Crippen LogP contribution in [0.4, 0.5) is 0 Å². The Morgan fingerprint density at radius 3 is 0.471 bits per heavy atom. The van der Waals surface area contributed by atoms with E-state index in [1.54, 1.807) is 0 Å². The van der Waals surface area contributed by atoms with Crippen LogP contribution in [-0.2, 0) is 31.2 Å². The largest absolute Gasteiger partial charge is 3.00 e. The fraction of sp³-hybridized carbons (Fsp3) is 0. The first-order valence-electron chi connectivity index (χ1n) is 2.00. The zero-order chi connectivity index (χ0) is 13.5. The van der Waals surface area contributed by atoms with E-state index in [9.17, 15) is 0 Å². The van der Waals surface area contributed by atoms with Gasteiger partial charge >= 0.3 is 82.1 Å². The van der Waals surface area contributed by atoms with Crippen molar-refractivity contribution in [2.24, 2.45) is 0 Å². The first kappa shape index (κ1) is 31.6. The minimum atomic E-state index is -5.17. The van der Waals surface area contributed by atoms with Crippen LogP contribution >= 0.6 is 0 Å². The summed E-state index contributed by atoms with van der Waals surface area (Å²) in [7, 11) is -15.5. The van der Waals surface area contributed by atoms with Gasteiger partial charge in [0.25, 0.3) is 0 Å². The van der Waals surface area contributed by atoms with Gasteiger partial charge in [-0.2, -0.15) is 0 Å². The maximum atomic E-state index is 8.52. The Kier molecular flexibility index (Phi) is 24.8. The quantitative estimate of drug-likeness (QED) is 0.199. The van der Waals surface area contributed by atoms with Crippen LogP contribution in [-0.4, -0.2) is 52.6 Å². The van der Waals surface area contributed by atoms with Crippen molar-refractivity contribution in [3.8, 4) is 0 Å². The van der Waals surface area contributed by atoms with E-state index in [4.69, 9.17) is 52.6 Å². The first-order valence-corrected chi connectivity index (χ1v) is 6.00. The Labute approximate surface area is 163 Å². The molecule has 0 amide bonds. The smallest absolute Gasteiger partial charge is 0.759 e. The summed E-state index contributed by atoms with van der Waals surface area (Å²) in [5.74, 6) is 0. The zero-order valence-electron chi connectivity index (χ0n) is 7.20. The van der Waals surface area contributed by atoms with E-state index in [0.29, 0.717) is 0 Å². The molecule has 17 heteroatoms. The van der Waals surface area contributed by atoms with E-state index >= 15 is 0 Å². The summed E-state index contributed by atoms with van der Waals surface area (Å²) >= 11 is 0. The maximum absolute atomic E-state index is 8.52. The molecule has 0 saturated heterocycles. The molecule has 0 saturated carbocycles. The second-order valence-corrected chi connectivity index (χ2v) is 3.67. The van der Waals surface area contributed by atoms with Crippen LogP contribution < -0.4 is 0 Å². The van der Waals surface area contributed by atoms with E-state index in [0.717, 1.165) is 0 Å². The monoisotopic (exact) mass is 571 g/mol. The van der Waals surface area contributed by atoms with Gasteiger partial charge < -0.3 is 27.3 Å². The van der Waals surface area contributed by atoms with Crippen molar-refractivity contribution in [3.63, 3.8) is 0 Å². The molecule has 0 heterocycles.